The van der Waals surface area contributed by atoms with Gasteiger partial charge in [0.2, 0.25) is 0 Å². The molecule has 0 aromatic heterocycles. The molecule has 39 heavy (non-hydrogen) atoms. The van der Waals surface area contributed by atoms with Gasteiger partial charge >= 0.3 is 5.97 Å². The van der Waals surface area contributed by atoms with E-state index in [1.54, 1.807) is 13.8 Å². The Bertz CT molecular complexity index is 983. The Morgan fingerprint density at radius 2 is 1.74 bits per heavy atom. The Morgan fingerprint density at radius 1 is 1.10 bits per heavy atom. The van der Waals surface area contributed by atoms with Crippen molar-refractivity contribution in [3.63, 3.8) is 0 Å². The quantitative estimate of drug-likeness (QED) is 0.232. The van der Waals surface area contributed by atoms with E-state index < -0.39 is 95.5 Å². The summed E-state index contributed by atoms with van der Waals surface area (Å²) in [5.74, 6) is -2.24. The van der Waals surface area contributed by atoms with Gasteiger partial charge in [-0.15, -0.1) is 6.58 Å². The molecule has 0 spiro atoms. The van der Waals surface area contributed by atoms with E-state index in [9.17, 15) is 35.1 Å². The first-order chi connectivity index (χ1) is 18.0. The van der Waals surface area contributed by atoms with E-state index >= 15 is 0 Å². The molecule has 0 aromatic carbocycles. The zero-order valence-corrected chi connectivity index (χ0v) is 23.6. The molecule has 2 saturated carbocycles. The molecule has 4 aliphatic rings. The molecular formula is C28H44O11. The number of hydrogen-bond acceptors (Lipinski definition) is 11. The van der Waals surface area contributed by atoms with Crippen LogP contribution in [0.25, 0.3) is 0 Å². The number of carbonyl (C=O) groups is 2. The lowest BCUT2D eigenvalue weighted by Crippen LogP contribution is -2.78. The van der Waals surface area contributed by atoms with Gasteiger partial charge in [0, 0.05) is 24.7 Å². The van der Waals surface area contributed by atoms with Crippen LogP contribution < -0.4 is 0 Å². The maximum Gasteiger partial charge on any atom is 0.303 e. The van der Waals surface area contributed by atoms with E-state index in [1.165, 1.54) is 13.0 Å². The molecule has 2 aliphatic heterocycles. The van der Waals surface area contributed by atoms with Gasteiger partial charge in [-0.25, -0.2) is 0 Å². The SMILES string of the molecule is C=CC1(C)CC(=O)C2C(C)(O1)C(O)C(OC(C)=O)C1C(C)(C)CCC(OC3OC(CO)C(O)C(O)C3O)C12C. The van der Waals surface area contributed by atoms with Crippen LogP contribution in [0.2, 0.25) is 0 Å². The largest absolute Gasteiger partial charge is 0.459 e. The molecule has 13 unspecified atom stereocenters. The highest BCUT2D eigenvalue weighted by Crippen LogP contribution is 2.66. The Balaban J connectivity index is 1.84. The normalized spacial score (nSPS) is 51.4. The zero-order chi connectivity index (χ0) is 29.3. The third-order valence-corrected chi connectivity index (χ3v) is 9.86. The molecule has 222 valence electrons. The summed E-state index contributed by atoms with van der Waals surface area (Å²) in [5.41, 5.74) is -4.18. The summed E-state index contributed by atoms with van der Waals surface area (Å²) < 4.78 is 24.3. The second-order valence-electron chi connectivity index (χ2n) is 13.1. The molecule has 0 amide bonds. The highest BCUT2D eigenvalue weighted by atomic mass is 16.7. The van der Waals surface area contributed by atoms with Crippen LogP contribution in [0.15, 0.2) is 12.7 Å². The average Bonchev–Trinajstić information content (AvgIpc) is 2.83. The Labute approximate surface area is 229 Å². The standard InChI is InChI=1S/C28H44O11/c1-8-26(5)11-14(31)21-27(6)16(38-24-19(34)18(33)17(32)15(12-29)37-24)9-10-25(3,4)22(27)20(36-13(2)30)23(35)28(21,7)39-26/h8,15-24,29,32-35H,1,9-12H2,2-7H3. The van der Waals surface area contributed by atoms with E-state index in [4.69, 9.17) is 18.9 Å². The molecule has 11 heteroatoms. The number of aliphatic hydroxyl groups excluding tert-OH is 5. The first-order valence-corrected chi connectivity index (χ1v) is 13.6. The van der Waals surface area contributed by atoms with Gasteiger partial charge in [-0.1, -0.05) is 26.8 Å². The molecule has 4 fully saturated rings. The monoisotopic (exact) mass is 556 g/mol. The first-order valence-electron chi connectivity index (χ1n) is 13.6. The van der Waals surface area contributed by atoms with Crippen LogP contribution in [0.3, 0.4) is 0 Å². The van der Waals surface area contributed by atoms with Crippen molar-refractivity contribution in [1.29, 1.82) is 0 Å². The van der Waals surface area contributed by atoms with Crippen molar-refractivity contribution < 1.29 is 54.1 Å². The van der Waals surface area contributed by atoms with E-state index in [-0.39, 0.29) is 12.2 Å². The number of aliphatic hydroxyl groups is 5. The maximum atomic E-state index is 14.1. The van der Waals surface area contributed by atoms with Crippen molar-refractivity contribution in [1.82, 2.24) is 0 Å². The fourth-order valence-electron chi connectivity index (χ4n) is 8.24. The van der Waals surface area contributed by atoms with Crippen LogP contribution in [0, 0.1) is 22.7 Å². The van der Waals surface area contributed by atoms with Crippen molar-refractivity contribution >= 4 is 11.8 Å². The van der Waals surface area contributed by atoms with Gasteiger partial charge in [-0.3, -0.25) is 9.59 Å². The fraction of sp³-hybridized carbons (Fsp3) is 0.857. The maximum absolute atomic E-state index is 14.1. The predicted molar refractivity (Wildman–Crippen MR) is 136 cm³/mol. The van der Waals surface area contributed by atoms with Gasteiger partial charge in [0.05, 0.1) is 24.2 Å². The lowest BCUT2D eigenvalue weighted by molar-refractivity contribution is -0.357. The smallest absolute Gasteiger partial charge is 0.303 e. The summed E-state index contributed by atoms with van der Waals surface area (Å²) >= 11 is 0. The first kappa shape index (κ1) is 30.5. The Hall–Kier alpha value is -1.44. The summed E-state index contributed by atoms with van der Waals surface area (Å²) in [5, 5.41) is 52.8. The lowest BCUT2D eigenvalue weighted by atomic mass is 9.41. The number of carbonyl (C=O) groups excluding carboxylic acids is 2. The van der Waals surface area contributed by atoms with E-state index in [0.717, 1.165) is 0 Å². The summed E-state index contributed by atoms with van der Waals surface area (Å²) in [4.78, 5) is 26.4. The summed E-state index contributed by atoms with van der Waals surface area (Å²) in [7, 11) is 0. The number of Topliss-reactive ketones (excluding diaryl/α,β-unsaturated/α-hetero) is 1. The van der Waals surface area contributed by atoms with Crippen LogP contribution >= 0.6 is 0 Å². The van der Waals surface area contributed by atoms with Crippen LogP contribution in [0.5, 0.6) is 0 Å². The zero-order valence-electron chi connectivity index (χ0n) is 23.6. The van der Waals surface area contributed by atoms with Crippen molar-refractivity contribution in [2.45, 2.75) is 121 Å². The van der Waals surface area contributed by atoms with Crippen LogP contribution in [-0.2, 0) is 28.5 Å². The second-order valence-corrected chi connectivity index (χ2v) is 13.1. The minimum Gasteiger partial charge on any atom is -0.459 e. The summed E-state index contributed by atoms with van der Waals surface area (Å²) in [6, 6.07) is 0. The molecule has 2 aliphatic carbocycles. The van der Waals surface area contributed by atoms with Crippen LogP contribution in [0.4, 0.5) is 0 Å². The molecule has 0 aromatic rings. The Morgan fingerprint density at radius 3 is 2.31 bits per heavy atom. The fourth-order valence-corrected chi connectivity index (χ4v) is 8.24. The lowest BCUT2D eigenvalue weighted by Gasteiger charge is -2.68. The van der Waals surface area contributed by atoms with E-state index in [2.05, 4.69) is 6.58 Å². The number of hydrogen-bond donors (Lipinski definition) is 5. The number of fused-ring (bicyclic) bond motifs is 3. The van der Waals surface area contributed by atoms with Crippen molar-refractivity contribution in [2.75, 3.05) is 6.61 Å². The third kappa shape index (κ3) is 4.68. The van der Waals surface area contributed by atoms with Gasteiger partial charge in [-0.2, -0.15) is 0 Å². The summed E-state index contributed by atoms with van der Waals surface area (Å²) in [6.45, 7) is 13.7. The molecule has 2 heterocycles. The molecule has 11 nitrogen and oxygen atoms in total. The van der Waals surface area contributed by atoms with Gasteiger partial charge in [0.25, 0.3) is 0 Å². The summed E-state index contributed by atoms with van der Waals surface area (Å²) in [6.07, 6.45) is -8.08. The van der Waals surface area contributed by atoms with Gasteiger partial charge in [0.15, 0.2) is 6.29 Å². The highest BCUT2D eigenvalue weighted by molar-refractivity contribution is 5.86. The third-order valence-electron chi connectivity index (χ3n) is 9.86. The van der Waals surface area contributed by atoms with E-state index in [0.29, 0.717) is 12.8 Å². The van der Waals surface area contributed by atoms with E-state index in [1.807, 2.05) is 20.8 Å². The minimum atomic E-state index is -1.63. The van der Waals surface area contributed by atoms with Crippen molar-refractivity contribution in [2.24, 2.45) is 22.7 Å². The molecule has 0 bridgehead atoms. The predicted octanol–water partition coefficient (Wildman–Crippen LogP) is 0.229. The van der Waals surface area contributed by atoms with Gasteiger partial charge in [-0.05, 0) is 32.1 Å². The van der Waals surface area contributed by atoms with Crippen molar-refractivity contribution in [3.8, 4) is 0 Å². The molecular weight excluding hydrogens is 512 g/mol. The molecule has 2 saturated heterocycles. The van der Waals surface area contributed by atoms with Gasteiger partial charge < -0.3 is 44.5 Å². The molecule has 0 radical (unpaired) electrons. The van der Waals surface area contributed by atoms with Crippen LogP contribution in [0.1, 0.15) is 60.8 Å². The number of ketones is 1. The van der Waals surface area contributed by atoms with Crippen molar-refractivity contribution in [3.05, 3.63) is 12.7 Å². The number of rotatable bonds is 5. The molecule has 13 atom stereocenters. The highest BCUT2D eigenvalue weighted by Gasteiger charge is 2.74. The minimum absolute atomic E-state index is 0.0111. The average molecular weight is 557 g/mol. The number of ether oxygens (including phenoxy) is 4. The van der Waals surface area contributed by atoms with Gasteiger partial charge in [0.1, 0.15) is 48.0 Å². The second kappa shape index (κ2) is 10.1. The van der Waals surface area contributed by atoms with Crippen LogP contribution in [-0.4, -0.2) is 104 Å². The topological polar surface area (TPSA) is 172 Å². The molecule has 5 N–H and O–H groups in total. The number of esters is 1. The Kier molecular flexibility index (Phi) is 7.93. The molecule has 4 rings (SSSR count).